The van der Waals surface area contributed by atoms with Crippen LogP contribution in [0.15, 0.2) is 24.3 Å². The lowest BCUT2D eigenvalue weighted by atomic mass is 10.0. The Kier molecular flexibility index (Phi) is 67.2. The highest BCUT2D eigenvalue weighted by molar-refractivity contribution is 7.47. The molecule has 19 heteroatoms. The van der Waals surface area contributed by atoms with Crippen LogP contribution in [0.5, 0.6) is 0 Å². The third-order valence-electron chi connectivity index (χ3n) is 16.9. The molecule has 0 aromatic carbocycles. The second-order valence-corrected chi connectivity index (χ2v) is 29.2. The summed E-state index contributed by atoms with van der Waals surface area (Å²) in [7, 11) is -9.92. The molecule has 0 aromatic heterocycles. The molecule has 0 rings (SSSR count). The van der Waals surface area contributed by atoms with Crippen LogP contribution in [0.3, 0.4) is 0 Å². The van der Waals surface area contributed by atoms with Crippen LogP contribution in [-0.2, 0) is 65.4 Å². The van der Waals surface area contributed by atoms with Crippen LogP contribution in [0.4, 0.5) is 0 Å². The Morgan fingerprint density at radius 2 is 0.489 bits per heavy atom. The number of aliphatic hydroxyl groups is 1. The number of phosphoric acid groups is 2. The first-order chi connectivity index (χ1) is 45.7. The molecule has 0 radical (unpaired) electrons. The minimum Gasteiger partial charge on any atom is -0.462 e. The number of unbranched alkanes of at least 4 members (excludes halogenated alkanes) is 44. The average Bonchev–Trinajstić information content (AvgIpc) is 1.66. The molecule has 0 aliphatic carbocycles. The Morgan fingerprint density at radius 3 is 0.745 bits per heavy atom. The quantitative estimate of drug-likeness (QED) is 0.0169. The third kappa shape index (κ3) is 68.1. The van der Waals surface area contributed by atoms with Crippen molar-refractivity contribution in [2.75, 3.05) is 39.6 Å². The number of ether oxygens (including phenoxy) is 4. The summed E-state index contributed by atoms with van der Waals surface area (Å²) in [5, 5.41) is 10.6. The number of hydrogen-bond donors (Lipinski definition) is 3. The van der Waals surface area contributed by atoms with E-state index in [1.807, 2.05) is 0 Å². The van der Waals surface area contributed by atoms with E-state index >= 15 is 0 Å². The maximum atomic E-state index is 13.1. The Balaban J connectivity index is 5.29. The van der Waals surface area contributed by atoms with Crippen molar-refractivity contribution < 1.29 is 80.2 Å². The summed E-state index contributed by atoms with van der Waals surface area (Å²) in [5.41, 5.74) is 0. The van der Waals surface area contributed by atoms with Crippen molar-refractivity contribution in [1.82, 2.24) is 0 Å². The van der Waals surface area contributed by atoms with Gasteiger partial charge in [0.15, 0.2) is 12.2 Å². The highest BCUT2D eigenvalue weighted by atomic mass is 31.2. The van der Waals surface area contributed by atoms with Crippen LogP contribution in [0, 0.1) is 0 Å². The van der Waals surface area contributed by atoms with E-state index < -0.39 is 97.5 Å². The third-order valence-corrected chi connectivity index (χ3v) is 18.8. The van der Waals surface area contributed by atoms with Crippen molar-refractivity contribution in [1.29, 1.82) is 0 Å². The van der Waals surface area contributed by atoms with Crippen molar-refractivity contribution in [2.45, 2.75) is 393 Å². The van der Waals surface area contributed by atoms with E-state index in [9.17, 15) is 43.2 Å². The molecule has 0 amide bonds. The molecule has 5 atom stereocenters. The first-order valence-corrected chi connectivity index (χ1v) is 41.6. The lowest BCUT2D eigenvalue weighted by molar-refractivity contribution is -0.161. The van der Waals surface area contributed by atoms with Gasteiger partial charge in [-0.05, 0) is 77.0 Å². The molecule has 0 saturated carbocycles. The molecular weight excluding hydrogens is 1230 g/mol. The number of hydrogen-bond acceptors (Lipinski definition) is 15. The first-order valence-electron chi connectivity index (χ1n) is 38.6. The molecule has 94 heavy (non-hydrogen) atoms. The van der Waals surface area contributed by atoms with Crippen molar-refractivity contribution >= 4 is 39.5 Å². The van der Waals surface area contributed by atoms with Gasteiger partial charge in [-0.2, -0.15) is 0 Å². The van der Waals surface area contributed by atoms with Crippen LogP contribution in [0.25, 0.3) is 0 Å². The first kappa shape index (κ1) is 91.5. The summed E-state index contributed by atoms with van der Waals surface area (Å²) in [4.78, 5) is 72.8. The van der Waals surface area contributed by atoms with Crippen molar-refractivity contribution in [3.8, 4) is 0 Å². The Bertz CT molecular complexity index is 1880. The number of phosphoric ester groups is 2. The van der Waals surface area contributed by atoms with Crippen LogP contribution < -0.4 is 0 Å². The van der Waals surface area contributed by atoms with E-state index in [0.717, 1.165) is 122 Å². The standard InChI is InChI=1S/C75H142O17P2/c1-5-9-13-17-21-25-29-33-34-38-40-44-48-52-56-60-73(78)86-66-71(92-75(80)62-58-54-50-46-42-37-32-28-24-20-16-12-8-4)68-90-94(83,84)88-64-69(76)63-87-93(81,82)89-67-70(91-74(79)61-57-53-49-45-41-36-31-27-23-19-15-11-7-3)65-85-72(77)59-55-51-47-43-39-35-30-26-22-18-14-10-6-2/h27,31,33-34,69-71,76H,5-26,28-30,32,35-68H2,1-4H3,(H,81,82)(H,83,84)/b31-27-,34-33-/t69-,70+,71+/m0/s1. The zero-order chi connectivity index (χ0) is 69.0. The molecule has 0 saturated heterocycles. The van der Waals surface area contributed by atoms with E-state index in [-0.39, 0.29) is 25.7 Å². The average molecular weight is 1380 g/mol. The van der Waals surface area contributed by atoms with Gasteiger partial charge >= 0.3 is 39.5 Å². The molecule has 0 aliphatic heterocycles. The highest BCUT2D eigenvalue weighted by Gasteiger charge is 2.30. The van der Waals surface area contributed by atoms with Gasteiger partial charge in [-0.3, -0.25) is 37.3 Å². The molecule has 0 spiro atoms. The fourth-order valence-corrected chi connectivity index (χ4v) is 12.6. The predicted molar refractivity (Wildman–Crippen MR) is 381 cm³/mol. The van der Waals surface area contributed by atoms with E-state index in [4.69, 9.17) is 37.0 Å². The summed E-state index contributed by atoms with van der Waals surface area (Å²) < 4.78 is 68.5. The van der Waals surface area contributed by atoms with Crippen molar-refractivity contribution in [3.63, 3.8) is 0 Å². The molecule has 2 unspecified atom stereocenters. The second kappa shape index (κ2) is 69.0. The van der Waals surface area contributed by atoms with Gasteiger partial charge in [-0.15, -0.1) is 0 Å². The smallest absolute Gasteiger partial charge is 0.462 e. The fourth-order valence-electron chi connectivity index (χ4n) is 11.0. The molecule has 0 aliphatic rings. The van der Waals surface area contributed by atoms with Gasteiger partial charge in [0, 0.05) is 25.7 Å². The lowest BCUT2D eigenvalue weighted by Gasteiger charge is -2.21. The zero-order valence-corrected chi connectivity index (χ0v) is 62.2. The Hall–Kier alpha value is -2.46. The molecule has 0 heterocycles. The Morgan fingerprint density at radius 1 is 0.287 bits per heavy atom. The predicted octanol–water partition coefficient (Wildman–Crippen LogP) is 21.8. The highest BCUT2D eigenvalue weighted by Crippen LogP contribution is 2.45. The second-order valence-electron chi connectivity index (χ2n) is 26.3. The van der Waals surface area contributed by atoms with Crippen molar-refractivity contribution in [2.24, 2.45) is 0 Å². The monoisotopic (exact) mass is 1380 g/mol. The minimum atomic E-state index is -4.96. The summed E-state index contributed by atoms with van der Waals surface area (Å²) >= 11 is 0. The van der Waals surface area contributed by atoms with Gasteiger partial charge in [0.2, 0.25) is 0 Å². The minimum absolute atomic E-state index is 0.0933. The maximum absolute atomic E-state index is 13.1. The number of aliphatic hydroxyl groups excluding tert-OH is 1. The van der Waals surface area contributed by atoms with Gasteiger partial charge in [0.25, 0.3) is 0 Å². The molecule has 3 N–H and O–H groups in total. The molecule has 554 valence electrons. The summed E-state index contributed by atoms with van der Waals surface area (Å²) in [6.45, 7) is 4.92. The molecule has 0 bridgehead atoms. The SMILES string of the molecule is CCCCCC/C=C\CCCCCCCC(=O)O[C@H](COC(=O)CCCCCCCCCCCCCCC)COP(=O)(O)OC[C@H](O)COP(=O)(O)OC[C@@H](COC(=O)CCCCCCC/C=C\CCCCCCCC)OC(=O)CCCCCCCCCCCCCCC. The molecular formula is C75H142O17P2. The number of allylic oxidation sites excluding steroid dienone is 4. The number of esters is 4. The van der Waals surface area contributed by atoms with Crippen molar-refractivity contribution in [3.05, 3.63) is 24.3 Å². The van der Waals surface area contributed by atoms with E-state index in [1.165, 1.54) is 173 Å². The van der Waals surface area contributed by atoms with Crippen LogP contribution >= 0.6 is 15.6 Å². The summed E-state index contributed by atoms with van der Waals surface area (Å²) in [6.07, 6.45) is 61.6. The molecule has 17 nitrogen and oxygen atoms in total. The summed E-state index contributed by atoms with van der Waals surface area (Å²) in [6, 6.07) is 0. The van der Waals surface area contributed by atoms with Gasteiger partial charge in [-0.25, -0.2) is 9.13 Å². The maximum Gasteiger partial charge on any atom is 0.472 e. The fraction of sp³-hybridized carbons (Fsp3) is 0.893. The largest absolute Gasteiger partial charge is 0.472 e. The van der Waals surface area contributed by atoms with Gasteiger partial charge in [0.1, 0.15) is 19.3 Å². The van der Waals surface area contributed by atoms with E-state index in [0.29, 0.717) is 25.7 Å². The van der Waals surface area contributed by atoms with Gasteiger partial charge in [-0.1, -0.05) is 296 Å². The van der Waals surface area contributed by atoms with E-state index in [2.05, 4.69) is 52.0 Å². The molecule has 0 fully saturated rings. The lowest BCUT2D eigenvalue weighted by Crippen LogP contribution is -2.30. The number of carbonyl (C=O) groups is 4. The Labute approximate surface area is 573 Å². The van der Waals surface area contributed by atoms with Crippen LogP contribution in [-0.4, -0.2) is 96.7 Å². The summed E-state index contributed by atoms with van der Waals surface area (Å²) in [5.74, 6) is -2.15. The number of rotatable bonds is 74. The van der Waals surface area contributed by atoms with Gasteiger partial charge < -0.3 is 33.8 Å². The zero-order valence-electron chi connectivity index (χ0n) is 60.4. The topological polar surface area (TPSA) is 237 Å². The van der Waals surface area contributed by atoms with E-state index in [1.54, 1.807) is 0 Å². The van der Waals surface area contributed by atoms with Crippen LogP contribution in [0.2, 0.25) is 0 Å². The van der Waals surface area contributed by atoms with Crippen LogP contribution in [0.1, 0.15) is 374 Å². The van der Waals surface area contributed by atoms with Gasteiger partial charge in [0.05, 0.1) is 26.4 Å². The molecule has 0 aromatic rings. The normalized spacial score (nSPS) is 14.1. The number of carbonyl (C=O) groups excluding carboxylic acids is 4.